The van der Waals surface area contributed by atoms with Crippen molar-refractivity contribution < 1.29 is 18.9 Å². The molecule has 2 rings (SSSR count). The van der Waals surface area contributed by atoms with Crippen LogP contribution >= 0.6 is 0 Å². The molecule has 1 N–H and O–H groups in total. The summed E-state index contributed by atoms with van der Waals surface area (Å²) in [5.74, 6) is 2.84. The minimum absolute atomic E-state index is 0.663. The molecule has 0 amide bonds. The molecule has 5 heteroatoms. The Morgan fingerprint density at radius 3 is 1.82 bits per heavy atom. The summed E-state index contributed by atoms with van der Waals surface area (Å²) in [7, 11) is 6.49. The lowest BCUT2D eigenvalue weighted by atomic mass is 10.2. The quantitative estimate of drug-likeness (QED) is 0.850. The molecule has 0 saturated carbocycles. The molecule has 5 nitrogen and oxygen atoms in total. The SMILES string of the molecule is COc1ccc(CNc2ccc(OC)c(OC)c2)cc1OC. The molecule has 2 aromatic rings. The molecule has 0 radical (unpaired) electrons. The van der Waals surface area contributed by atoms with Gasteiger partial charge in [-0.3, -0.25) is 0 Å². The van der Waals surface area contributed by atoms with Crippen LogP contribution in [0.4, 0.5) is 5.69 Å². The molecule has 0 unspecified atom stereocenters. The number of hydrogen-bond donors (Lipinski definition) is 1. The van der Waals surface area contributed by atoms with Crippen molar-refractivity contribution in [2.24, 2.45) is 0 Å². The van der Waals surface area contributed by atoms with Crippen molar-refractivity contribution in [2.45, 2.75) is 6.54 Å². The van der Waals surface area contributed by atoms with Crippen LogP contribution in [0.5, 0.6) is 23.0 Å². The van der Waals surface area contributed by atoms with Crippen LogP contribution in [-0.2, 0) is 6.54 Å². The van der Waals surface area contributed by atoms with E-state index in [9.17, 15) is 0 Å². The summed E-state index contributed by atoms with van der Waals surface area (Å²) in [4.78, 5) is 0. The molecule has 0 aliphatic heterocycles. The Morgan fingerprint density at radius 2 is 1.23 bits per heavy atom. The van der Waals surface area contributed by atoms with Crippen LogP contribution in [-0.4, -0.2) is 28.4 Å². The minimum atomic E-state index is 0.663. The lowest BCUT2D eigenvalue weighted by Gasteiger charge is -2.13. The normalized spacial score (nSPS) is 10.0. The van der Waals surface area contributed by atoms with Crippen molar-refractivity contribution in [1.82, 2.24) is 0 Å². The molecule has 0 bridgehead atoms. The number of ether oxygens (including phenoxy) is 4. The molecular formula is C17H21NO4. The Bertz CT molecular complexity index is 573. The molecule has 0 aliphatic carbocycles. The van der Waals surface area contributed by atoms with Crippen molar-refractivity contribution in [3.8, 4) is 23.0 Å². The Morgan fingerprint density at radius 1 is 0.682 bits per heavy atom. The molecule has 0 spiro atoms. The van der Waals surface area contributed by atoms with E-state index in [4.69, 9.17) is 18.9 Å². The first kappa shape index (κ1) is 15.8. The summed E-state index contributed by atoms with van der Waals surface area (Å²) in [6.45, 7) is 0.663. The third-order valence-electron chi connectivity index (χ3n) is 3.33. The largest absolute Gasteiger partial charge is 0.493 e. The third-order valence-corrected chi connectivity index (χ3v) is 3.33. The summed E-state index contributed by atoms with van der Waals surface area (Å²) in [6.07, 6.45) is 0. The molecule has 0 atom stereocenters. The van der Waals surface area contributed by atoms with Crippen molar-refractivity contribution in [2.75, 3.05) is 33.8 Å². The van der Waals surface area contributed by atoms with Crippen LogP contribution < -0.4 is 24.3 Å². The Kier molecular flexibility index (Phi) is 5.36. The van der Waals surface area contributed by atoms with Gasteiger partial charge in [0.05, 0.1) is 28.4 Å². The van der Waals surface area contributed by atoms with Gasteiger partial charge in [-0.15, -0.1) is 0 Å². The zero-order valence-corrected chi connectivity index (χ0v) is 13.3. The number of hydrogen-bond acceptors (Lipinski definition) is 5. The van der Waals surface area contributed by atoms with Crippen LogP contribution in [0.1, 0.15) is 5.56 Å². The zero-order chi connectivity index (χ0) is 15.9. The topological polar surface area (TPSA) is 49.0 Å². The van der Waals surface area contributed by atoms with Crippen molar-refractivity contribution in [1.29, 1.82) is 0 Å². The van der Waals surface area contributed by atoms with Gasteiger partial charge in [0.1, 0.15) is 0 Å². The highest BCUT2D eigenvalue weighted by Crippen LogP contribution is 2.31. The number of methoxy groups -OCH3 is 4. The highest BCUT2D eigenvalue weighted by atomic mass is 16.5. The standard InChI is InChI=1S/C17H21NO4/c1-19-14-7-5-12(9-16(14)21-3)11-18-13-6-8-15(20-2)17(10-13)22-4/h5-10,18H,11H2,1-4H3. The summed E-state index contributed by atoms with van der Waals surface area (Å²) in [6, 6.07) is 11.6. The van der Waals surface area contributed by atoms with Crippen LogP contribution in [0.15, 0.2) is 36.4 Å². The lowest BCUT2D eigenvalue weighted by molar-refractivity contribution is 0.354. The molecule has 0 aliphatic rings. The van der Waals surface area contributed by atoms with Gasteiger partial charge in [0.2, 0.25) is 0 Å². The highest BCUT2D eigenvalue weighted by Gasteiger charge is 2.06. The molecule has 0 saturated heterocycles. The number of rotatable bonds is 7. The van der Waals surface area contributed by atoms with Crippen LogP contribution in [0.25, 0.3) is 0 Å². The molecular weight excluding hydrogens is 282 g/mol. The Hall–Kier alpha value is -2.56. The number of nitrogens with one attached hydrogen (secondary N) is 1. The second-order valence-electron chi connectivity index (χ2n) is 4.61. The number of benzene rings is 2. The van der Waals surface area contributed by atoms with Gasteiger partial charge in [0, 0.05) is 18.3 Å². The van der Waals surface area contributed by atoms with E-state index in [-0.39, 0.29) is 0 Å². The van der Waals surface area contributed by atoms with Crippen LogP contribution in [0.2, 0.25) is 0 Å². The monoisotopic (exact) mass is 303 g/mol. The third kappa shape index (κ3) is 3.55. The van der Waals surface area contributed by atoms with E-state index in [2.05, 4.69) is 5.32 Å². The van der Waals surface area contributed by atoms with E-state index >= 15 is 0 Å². The van der Waals surface area contributed by atoms with E-state index in [1.54, 1.807) is 28.4 Å². The lowest BCUT2D eigenvalue weighted by Crippen LogP contribution is -2.01. The zero-order valence-electron chi connectivity index (χ0n) is 13.3. The predicted molar refractivity (Wildman–Crippen MR) is 86.4 cm³/mol. The van der Waals surface area contributed by atoms with E-state index in [0.29, 0.717) is 23.8 Å². The van der Waals surface area contributed by atoms with Gasteiger partial charge in [-0.1, -0.05) is 6.07 Å². The fourth-order valence-electron chi connectivity index (χ4n) is 2.14. The first-order valence-electron chi connectivity index (χ1n) is 6.88. The van der Waals surface area contributed by atoms with Gasteiger partial charge < -0.3 is 24.3 Å². The van der Waals surface area contributed by atoms with Crippen molar-refractivity contribution >= 4 is 5.69 Å². The molecule has 0 fully saturated rings. The average Bonchev–Trinajstić information content (AvgIpc) is 2.59. The summed E-state index contributed by atoms with van der Waals surface area (Å²) < 4.78 is 21.1. The molecule has 118 valence electrons. The van der Waals surface area contributed by atoms with E-state index in [1.807, 2.05) is 36.4 Å². The van der Waals surface area contributed by atoms with Crippen LogP contribution in [0.3, 0.4) is 0 Å². The van der Waals surface area contributed by atoms with E-state index in [0.717, 1.165) is 17.0 Å². The van der Waals surface area contributed by atoms with Crippen molar-refractivity contribution in [3.63, 3.8) is 0 Å². The van der Waals surface area contributed by atoms with Gasteiger partial charge in [-0.25, -0.2) is 0 Å². The molecule has 0 heterocycles. The Balaban J connectivity index is 2.09. The van der Waals surface area contributed by atoms with E-state index < -0.39 is 0 Å². The second-order valence-corrected chi connectivity index (χ2v) is 4.61. The number of anilines is 1. The smallest absolute Gasteiger partial charge is 0.162 e. The van der Waals surface area contributed by atoms with E-state index in [1.165, 1.54) is 0 Å². The summed E-state index contributed by atoms with van der Waals surface area (Å²) >= 11 is 0. The summed E-state index contributed by atoms with van der Waals surface area (Å²) in [5, 5.41) is 3.34. The highest BCUT2D eigenvalue weighted by molar-refractivity contribution is 5.55. The molecule has 0 aromatic heterocycles. The fourth-order valence-corrected chi connectivity index (χ4v) is 2.14. The maximum Gasteiger partial charge on any atom is 0.162 e. The first-order valence-corrected chi connectivity index (χ1v) is 6.88. The first-order chi connectivity index (χ1) is 10.7. The van der Waals surface area contributed by atoms with Gasteiger partial charge in [0.25, 0.3) is 0 Å². The van der Waals surface area contributed by atoms with Gasteiger partial charge >= 0.3 is 0 Å². The Labute approximate surface area is 130 Å². The maximum atomic E-state index is 5.31. The maximum absolute atomic E-state index is 5.31. The summed E-state index contributed by atoms with van der Waals surface area (Å²) in [5.41, 5.74) is 2.04. The second kappa shape index (κ2) is 7.45. The fraction of sp³-hybridized carbons (Fsp3) is 0.294. The van der Waals surface area contributed by atoms with Gasteiger partial charge in [0.15, 0.2) is 23.0 Å². The van der Waals surface area contributed by atoms with Crippen molar-refractivity contribution in [3.05, 3.63) is 42.0 Å². The van der Waals surface area contributed by atoms with Gasteiger partial charge in [-0.05, 0) is 29.8 Å². The molecule has 2 aromatic carbocycles. The van der Waals surface area contributed by atoms with Gasteiger partial charge in [-0.2, -0.15) is 0 Å². The average molecular weight is 303 g/mol. The predicted octanol–water partition coefficient (Wildman–Crippen LogP) is 3.33. The van der Waals surface area contributed by atoms with Crippen LogP contribution in [0, 0.1) is 0 Å². The molecule has 22 heavy (non-hydrogen) atoms. The minimum Gasteiger partial charge on any atom is -0.493 e.